The summed E-state index contributed by atoms with van der Waals surface area (Å²) in [4.78, 5) is 4.35. The highest BCUT2D eigenvalue weighted by atomic mass is 19.1. The van der Waals surface area contributed by atoms with E-state index in [1.165, 1.54) is 6.07 Å². The quantitative estimate of drug-likeness (QED) is 0.927. The molecule has 1 aliphatic rings. The van der Waals surface area contributed by atoms with Gasteiger partial charge < -0.3 is 9.73 Å². The molecule has 3 rings (SSSR count). The minimum Gasteiger partial charge on any atom is -0.444 e. The fraction of sp³-hybridized carbons (Fsp3) is 0.438. The van der Waals surface area contributed by atoms with Crippen molar-refractivity contribution in [2.24, 2.45) is 0 Å². The van der Waals surface area contributed by atoms with Gasteiger partial charge in [-0.3, -0.25) is 0 Å². The topological polar surface area (TPSA) is 38.1 Å². The molecule has 2 aromatic rings. The Morgan fingerprint density at radius 1 is 1.35 bits per heavy atom. The Labute approximate surface area is 118 Å². The van der Waals surface area contributed by atoms with Crippen LogP contribution in [0.25, 0.3) is 0 Å². The molecule has 1 N–H and O–H groups in total. The first-order chi connectivity index (χ1) is 9.61. The van der Waals surface area contributed by atoms with Crippen LogP contribution in [-0.2, 0) is 6.54 Å². The van der Waals surface area contributed by atoms with E-state index in [4.69, 9.17) is 4.42 Å². The summed E-state index contributed by atoms with van der Waals surface area (Å²) in [6.07, 6.45) is 2.09. The molecule has 0 amide bonds. The summed E-state index contributed by atoms with van der Waals surface area (Å²) in [5, 5.41) is 3.44. The van der Waals surface area contributed by atoms with Crippen LogP contribution in [0.3, 0.4) is 0 Å². The van der Waals surface area contributed by atoms with Gasteiger partial charge in [0.05, 0.1) is 12.2 Å². The zero-order valence-electron chi connectivity index (χ0n) is 11.8. The molecule has 20 heavy (non-hydrogen) atoms. The molecule has 1 saturated carbocycles. The zero-order valence-corrected chi connectivity index (χ0v) is 11.8. The summed E-state index contributed by atoms with van der Waals surface area (Å²) < 4.78 is 18.7. The summed E-state index contributed by atoms with van der Waals surface area (Å²) in [6.45, 7) is 4.54. The largest absolute Gasteiger partial charge is 0.444 e. The van der Waals surface area contributed by atoms with Crippen molar-refractivity contribution in [3.63, 3.8) is 0 Å². The van der Waals surface area contributed by atoms with Gasteiger partial charge in [0.2, 0.25) is 5.89 Å². The van der Waals surface area contributed by atoms with E-state index in [0.717, 1.165) is 35.7 Å². The van der Waals surface area contributed by atoms with Crippen molar-refractivity contribution in [3.8, 4) is 0 Å². The normalized spacial score (nSPS) is 21.8. The molecule has 106 valence electrons. The van der Waals surface area contributed by atoms with Gasteiger partial charge in [-0.2, -0.15) is 0 Å². The molecule has 0 radical (unpaired) electrons. The third kappa shape index (κ3) is 2.75. The van der Waals surface area contributed by atoms with Crippen LogP contribution in [0.2, 0.25) is 0 Å². The Kier molecular flexibility index (Phi) is 3.57. The van der Waals surface area contributed by atoms with Crippen molar-refractivity contribution >= 4 is 0 Å². The van der Waals surface area contributed by atoms with Gasteiger partial charge in [-0.25, -0.2) is 9.37 Å². The summed E-state index contributed by atoms with van der Waals surface area (Å²) >= 11 is 0. The molecule has 1 fully saturated rings. The number of hydrogen-bond acceptors (Lipinski definition) is 3. The number of hydrogen-bond donors (Lipinski definition) is 1. The lowest BCUT2D eigenvalue weighted by molar-refractivity contribution is 0.278. The number of oxazole rings is 1. The lowest BCUT2D eigenvalue weighted by Crippen LogP contribution is -2.39. The first-order valence-corrected chi connectivity index (χ1v) is 7.03. The predicted octanol–water partition coefficient (Wildman–Crippen LogP) is 3.47. The van der Waals surface area contributed by atoms with Gasteiger partial charge in [-0.15, -0.1) is 0 Å². The summed E-state index contributed by atoms with van der Waals surface area (Å²) in [7, 11) is 0. The maximum Gasteiger partial charge on any atom is 0.208 e. The monoisotopic (exact) mass is 274 g/mol. The molecular formula is C16H19FN2O. The second-order valence-corrected chi connectivity index (χ2v) is 5.55. The Morgan fingerprint density at radius 2 is 2.15 bits per heavy atom. The van der Waals surface area contributed by atoms with Gasteiger partial charge >= 0.3 is 0 Å². The minimum absolute atomic E-state index is 0.148. The van der Waals surface area contributed by atoms with Crippen molar-refractivity contribution in [1.29, 1.82) is 0 Å². The molecule has 1 aromatic heterocycles. The molecule has 3 nitrogen and oxygen atoms in total. The molecule has 0 atom stereocenters. The lowest BCUT2D eigenvalue weighted by atomic mass is 9.76. The molecule has 1 heterocycles. The van der Waals surface area contributed by atoms with E-state index in [9.17, 15) is 4.39 Å². The first kappa shape index (κ1) is 13.3. The van der Waals surface area contributed by atoms with Crippen LogP contribution in [0.15, 0.2) is 28.7 Å². The summed E-state index contributed by atoms with van der Waals surface area (Å²) in [5.74, 6) is 1.95. The fourth-order valence-corrected chi connectivity index (χ4v) is 2.66. The highest BCUT2D eigenvalue weighted by Gasteiger charge is 2.30. The van der Waals surface area contributed by atoms with Crippen molar-refractivity contribution in [2.75, 3.05) is 0 Å². The lowest BCUT2D eigenvalue weighted by Gasteiger charge is -2.36. The van der Waals surface area contributed by atoms with Crippen LogP contribution >= 0.6 is 0 Å². The van der Waals surface area contributed by atoms with Crippen LogP contribution in [0, 0.1) is 19.7 Å². The maximum atomic E-state index is 13.2. The van der Waals surface area contributed by atoms with Crippen LogP contribution in [0.1, 0.15) is 41.7 Å². The van der Waals surface area contributed by atoms with Gasteiger partial charge in [-0.05, 0) is 50.3 Å². The van der Waals surface area contributed by atoms with Crippen molar-refractivity contribution < 1.29 is 8.81 Å². The highest BCUT2D eigenvalue weighted by Crippen LogP contribution is 2.37. The molecule has 0 aliphatic heterocycles. The van der Waals surface area contributed by atoms with E-state index in [1.807, 2.05) is 19.9 Å². The van der Waals surface area contributed by atoms with Crippen molar-refractivity contribution in [1.82, 2.24) is 10.3 Å². The molecule has 1 aliphatic carbocycles. The SMILES string of the molecule is Cc1nc(CNC2CC(c3cccc(F)c3)C2)oc1C. The summed E-state index contributed by atoms with van der Waals surface area (Å²) in [6, 6.07) is 7.39. The van der Waals surface area contributed by atoms with Gasteiger partial charge in [0.1, 0.15) is 11.6 Å². The predicted molar refractivity (Wildman–Crippen MR) is 75.0 cm³/mol. The highest BCUT2D eigenvalue weighted by molar-refractivity contribution is 5.23. The first-order valence-electron chi connectivity index (χ1n) is 7.03. The smallest absolute Gasteiger partial charge is 0.208 e. The Balaban J connectivity index is 1.49. The van der Waals surface area contributed by atoms with E-state index >= 15 is 0 Å². The molecule has 0 unspecified atom stereocenters. The number of rotatable bonds is 4. The molecule has 0 bridgehead atoms. The molecule has 0 spiro atoms. The number of nitrogens with one attached hydrogen (secondary N) is 1. The number of aryl methyl sites for hydroxylation is 2. The van der Waals surface area contributed by atoms with Gasteiger partial charge in [0.25, 0.3) is 0 Å². The number of halogens is 1. The standard InChI is InChI=1S/C16H19FN2O/c1-10-11(2)20-16(19-10)9-18-15-7-13(8-15)12-4-3-5-14(17)6-12/h3-6,13,15,18H,7-9H2,1-2H3. The second-order valence-electron chi connectivity index (χ2n) is 5.55. The molecule has 1 aromatic carbocycles. The van der Waals surface area contributed by atoms with Crippen LogP contribution in [0.5, 0.6) is 0 Å². The van der Waals surface area contributed by atoms with Crippen LogP contribution < -0.4 is 5.32 Å². The summed E-state index contributed by atoms with van der Waals surface area (Å²) in [5.41, 5.74) is 2.05. The number of nitrogens with zero attached hydrogens (tertiary/aromatic N) is 1. The average molecular weight is 274 g/mol. The third-order valence-electron chi connectivity index (χ3n) is 4.07. The van der Waals surface area contributed by atoms with E-state index < -0.39 is 0 Å². The van der Waals surface area contributed by atoms with Gasteiger partial charge in [0, 0.05) is 6.04 Å². The maximum absolute atomic E-state index is 13.2. The van der Waals surface area contributed by atoms with Crippen molar-refractivity contribution in [2.45, 2.75) is 45.2 Å². The fourth-order valence-electron chi connectivity index (χ4n) is 2.66. The Morgan fingerprint density at radius 3 is 2.80 bits per heavy atom. The number of aromatic nitrogens is 1. The van der Waals surface area contributed by atoms with Gasteiger partial charge in [0.15, 0.2) is 0 Å². The molecule has 0 saturated heterocycles. The zero-order chi connectivity index (χ0) is 14.1. The second kappa shape index (κ2) is 5.37. The third-order valence-corrected chi connectivity index (χ3v) is 4.07. The van der Waals surface area contributed by atoms with E-state index in [2.05, 4.69) is 10.3 Å². The van der Waals surface area contributed by atoms with E-state index in [1.54, 1.807) is 12.1 Å². The van der Waals surface area contributed by atoms with Gasteiger partial charge in [-0.1, -0.05) is 12.1 Å². The molecular weight excluding hydrogens is 255 g/mol. The van der Waals surface area contributed by atoms with Crippen LogP contribution in [0.4, 0.5) is 4.39 Å². The minimum atomic E-state index is -0.148. The van der Waals surface area contributed by atoms with E-state index in [0.29, 0.717) is 18.5 Å². The Hall–Kier alpha value is -1.68. The van der Waals surface area contributed by atoms with Crippen molar-refractivity contribution in [3.05, 3.63) is 53.0 Å². The van der Waals surface area contributed by atoms with E-state index in [-0.39, 0.29) is 5.82 Å². The number of benzene rings is 1. The Bertz CT molecular complexity index is 583. The molecule has 4 heteroatoms. The van der Waals surface area contributed by atoms with Crippen LogP contribution in [-0.4, -0.2) is 11.0 Å². The average Bonchev–Trinajstić information content (AvgIpc) is 2.67.